The number of carbonyl (C=O) groups is 1. The second kappa shape index (κ2) is 6.44. The molecule has 0 unspecified atom stereocenters. The molecule has 0 aliphatic heterocycles. The predicted octanol–water partition coefficient (Wildman–Crippen LogP) is 2.35. The molecule has 1 aromatic carbocycles. The molecule has 2 N–H and O–H groups in total. The second-order valence-corrected chi connectivity index (χ2v) is 4.04. The molecule has 0 saturated heterocycles. The Bertz CT molecular complexity index is 542. The Morgan fingerprint density at radius 1 is 1.32 bits per heavy atom. The maximum atomic E-state index is 11.6. The fourth-order valence-electron chi connectivity index (χ4n) is 1.60. The van der Waals surface area contributed by atoms with Crippen molar-refractivity contribution >= 4 is 12.0 Å². The van der Waals surface area contributed by atoms with Gasteiger partial charge in [-0.1, -0.05) is 12.1 Å². The van der Waals surface area contributed by atoms with Gasteiger partial charge in [-0.2, -0.15) is 0 Å². The van der Waals surface area contributed by atoms with Crippen LogP contribution in [0.4, 0.5) is 0 Å². The molecular weight excluding hydrogens is 240 g/mol. The van der Waals surface area contributed by atoms with E-state index < -0.39 is 0 Å². The monoisotopic (exact) mass is 256 g/mol. The Morgan fingerprint density at radius 3 is 2.74 bits per heavy atom. The molecule has 0 fully saturated rings. The molecule has 0 radical (unpaired) electrons. The summed E-state index contributed by atoms with van der Waals surface area (Å²) in [6, 6.07) is 9.44. The fraction of sp³-hybridized carbons (Fsp3) is 0.133. The molecule has 0 atom stereocenters. The minimum Gasteiger partial charge on any atom is -0.497 e. The van der Waals surface area contributed by atoms with Gasteiger partial charge in [0.1, 0.15) is 5.75 Å². The lowest BCUT2D eigenvalue weighted by Crippen LogP contribution is -2.19. The first-order valence-electron chi connectivity index (χ1n) is 5.99. The van der Waals surface area contributed by atoms with Crippen molar-refractivity contribution in [1.82, 2.24) is 10.3 Å². The van der Waals surface area contributed by atoms with Gasteiger partial charge in [-0.3, -0.25) is 4.79 Å². The van der Waals surface area contributed by atoms with Crippen LogP contribution in [0.5, 0.6) is 5.75 Å². The Morgan fingerprint density at radius 2 is 2.11 bits per heavy atom. The molecule has 4 nitrogen and oxygen atoms in total. The van der Waals surface area contributed by atoms with E-state index in [1.807, 2.05) is 42.7 Å². The van der Waals surface area contributed by atoms with E-state index >= 15 is 0 Å². The molecule has 0 saturated carbocycles. The summed E-state index contributed by atoms with van der Waals surface area (Å²) >= 11 is 0. The van der Waals surface area contributed by atoms with Crippen molar-refractivity contribution in [2.24, 2.45) is 0 Å². The van der Waals surface area contributed by atoms with E-state index in [9.17, 15) is 4.79 Å². The van der Waals surface area contributed by atoms with Gasteiger partial charge in [-0.25, -0.2) is 0 Å². The molecule has 0 spiro atoms. The molecule has 0 bridgehead atoms. The van der Waals surface area contributed by atoms with E-state index in [0.29, 0.717) is 6.54 Å². The molecule has 98 valence electrons. The maximum Gasteiger partial charge on any atom is 0.244 e. The third-order valence-electron chi connectivity index (χ3n) is 2.67. The SMILES string of the molecule is COc1ccc(/C=C/C(=O)NCc2cc[nH]c2)cc1. The van der Waals surface area contributed by atoms with Crippen LogP contribution >= 0.6 is 0 Å². The van der Waals surface area contributed by atoms with E-state index in [1.54, 1.807) is 13.2 Å². The van der Waals surface area contributed by atoms with Crippen molar-refractivity contribution in [2.45, 2.75) is 6.54 Å². The highest BCUT2D eigenvalue weighted by atomic mass is 16.5. The number of methoxy groups -OCH3 is 1. The Labute approximate surface area is 112 Å². The van der Waals surface area contributed by atoms with Crippen molar-refractivity contribution < 1.29 is 9.53 Å². The zero-order chi connectivity index (χ0) is 13.5. The number of hydrogen-bond acceptors (Lipinski definition) is 2. The summed E-state index contributed by atoms with van der Waals surface area (Å²) in [6.07, 6.45) is 6.97. The first-order valence-corrected chi connectivity index (χ1v) is 5.99. The molecule has 1 amide bonds. The smallest absolute Gasteiger partial charge is 0.244 e. The number of ether oxygens (including phenoxy) is 1. The number of aromatic amines is 1. The summed E-state index contributed by atoms with van der Waals surface area (Å²) in [7, 11) is 1.62. The lowest BCUT2D eigenvalue weighted by molar-refractivity contribution is -0.116. The van der Waals surface area contributed by atoms with E-state index in [0.717, 1.165) is 16.9 Å². The third kappa shape index (κ3) is 4.03. The Hall–Kier alpha value is -2.49. The lowest BCUT2D eigenvalue weighted by Gasteiger charge is -2.00. The van der Waals surface area contributed by atoms with Crippen LogP contribution in [0.15, 0.2) is 48.8 Å². The van der Waals surface area contributed by atoms with Crippen LogP contribution in [0.3, 0.4) is 0 Å². The van der Waals surface area contributed by atoms with Crippen LogP contribution < -0.4 is 10.1 Å². The fourth-order valence-corrected chi connectivity index (χ4v) is 1.60. The van der Waals surface area contributed by atoms with Gasteiger partial charge < -0.3 is 15.0 Å². The van der Waals surface area contributed by atoms with Gasteiger partial charge in [-0.15, -0.1) is 0 Å². The number of benzene rings is 1. The molecular formula is C15H16N2O2. The van der Waals surface area contributed by atoms with Crippen LogP contribution in [0.1, 0.15) is 11.1 Å². The average molecular weight is 256 g/mol. The Kier molecular flexibility index (Phi) is 4.39. The van der Waals surface area contributed by atoms with Gasteiger partial charge in [0.15, 0.2) is 0 Å². The maximum absolute atomic E-state index is 11.6. The first-order chi connectivity index (χ1) is 9.28. The van der Waals surface area contributed by atoms with Crippen LogP contribution in [-0.4, -0.2) is 18.0 Å². The molecule has 1 aromatic heterocycles. The molecule has 0 aliphatic carbocycles. The van der Waals surface area contributed by atoms with E-state index in [-0.39, 0.29) is 5.91 Å². The number of amides is 1. The van der Waals surface area contributed by atoms with Crippen LogP contribution in [-0.2, 0) is 11.3 Å². The van der Waals surface area contributed by atoms with Crippen molar-refractivity contribution in [2.75, 3.05) is 7.11 Å². The normalized spacial score (nSPS) is 10.6. The van der Waals surface area contributed by atoms with Gasteiger partial charge in [0.25, 0.3) is 0 Å². The molecule has 0 aliphatic rings. The highest BCUT2D eigenvalue weighted by molar-refractivity contribution is 5.91. The van der Waals surface area contributed by atoms with Crippen LogP contribution in [0, 0.1) is 0 Å². The van der Waals surface area contributed by atoms with Crippen molar-refractivity contribution in [3.05, 3.63) is 59.9 Å². The molecule has 19 heavy (non-hydrogen) atoms. The number of nitrogens with one attached hydrogen (secondary N) is 2. The molecule has 2 aromatic rings. The van der Waals surface area contributed by atoms with Gasteiger partial charge in [0.05, 0.1) is 7.11 Å². The van der Waals surface area contributed by atoms with Crippen LogP contribution in [0.25, 0.3) is 6.08 Å². The van der Waals surface area contributed by atoms with Crippen molar-refractivity contribution in [3.63, 3.8) is 0 Å². The summed E-state index contributed by atoms with van der Waals surface area (Å²) in [6.45, 7) is 0.523. The standard InChI is InChI=1S/C15H16N2O2/c1-19-14-5-2-12(3-6-14)4-7-15(18)17-11-13-8-9-16-10-13/h2-10,16H,11H2,1H3,(H,17,18)/b7-4+. The summed E-state index contributed by atoms with van der Waals surface area (Å²) in [5.41, 5.74) is 2.00. The quantitative estimate of drug-likeness (QED) is 0.807. The molecule has 2 rings (SSSR count). The van der Waals surface area contributed by atoms with Crippen LogP contribution in [0.2, 0.25) is 0 Å². The average Bonchev–Trinajstić information content (AvgIpc) is 2.96. The largest absolute Gasteiger partial charge is 0.497 e. The number of rotatable bonds is 5. The summed E-state index contributed by atoms with van der Waals surface area (Å²) in [5, 5.41) is 2.81. The van der Waals surface area contributed by atoms with Crippen molar-refractivity contribution in [3.8, 4) is 5.75 Å². The van der Waals surface area contributed by atoms with Gasteiger partial charge in [0.2, 0.25) is 5.91 Å². The van der Waals surface area contributed by atoms with E-state index in [2.05, 4.69) is 10.3 Å². The molecule has 4 heteroatoms. The minimum atomic E-state index is -0.114. The van der Waals surface area contributed by atoms with E-state index in [4.69, 9.17) is 4.74 Å². The third-order valence-corrected chi connectivity index (χ3v) is 2.67. The minimum absolute atomic E-state index is 0.114. The number of H-pyrrole nitrogens is 1. The van der Waals surface area contributed by atoms with Gasteiger partial charge >= 0.3 is 0 Å². The second-order valence-electron chi connectivity index (χ2n) is 4.04. The highest BCUT2D eigenvalue weighted by Gasteiger charge is 1.97. The van der Waals surface area contributed by atoms with Gasteiger partial charge in [-0.05, 0) is 35.4 Å². The van der Waals surface area contributed by atoms with Gasteiger partial charge in [0, 0.05) is 25.0 Å². The number of aromatic nitrogens is 1. The Balaban J connectivity index is 1.85. The zero-order valence-corrected chi connectivity index (χ0v) is 10.7. The highest BCUT2D eigenvalue weighted by Crippen LogP contribution is 2.12. The van der Waals surface area contributed by atoms with E-state index in [1.165, 1.54) is 6.08 Å². The number of carbonyl (C=O) groups excluding carboxylic acids is 1. The predicted molar refractivity (Wildman–Crippen MR) is 74.7 cm³/mol. The molecule has 1 heterocycles. The first kappa shape index (κ1) is 13.0. The summed E-state index contributed by atoms with van der Waals surface area (Å²) in [5.74, 6) is 0.686. The topological polar surface area (TPSA) is 54.1 Å². The number of hydrogen-bond donors (Lipinski definition) is 2. The zero-order valence-electron chi connectivity index (χ0n) is 10.7. The lowest BCUT2D eigenvalue weighted by atomic mass is 10.2. The van der Waals surface area contributed by atoms with Crippen molar-refractivity contribution in [1.29, 1.82) is 0 Å². The summed E-state index contributed by atoms with van der Waals surface area (Å²) in [4.78, 5) is 14.5. The summed E-state index contributed by atoms with van der Waals surface area (Å²) < 4.78 is 5.07.